The zero-order valence-corrected chi connectivity index (χ0v) is 12.5. The molecule has 0 bridgehead atoms. The van der Waals surface area contributed by atoms with Crippen LogP contribution in [0.1, 0.15) is 5.56 Å². The van der Waals surface area contributed by atoms with Crippen LogP contribution < -0.4 is 11.3 Å². The van der Waals surface area contributed by atoms with Crippen LogP contribution in [-0.2, 0) is 6.54 Å². The highest BCUT2D eigenvalue weighted by Gasteiger charge is 2.05. The third-order valence-electron chi connectivity index (χ3n) is 2.28. The summed E-state index contributed by atoms with van der Waals surface area (Å²) in [5.41, 5.74) is 7.30. The quantitative estimate of drug-likeness (QED) is 0.615. The molecular formula is C11H9BrIN3O. The van der Waals surface area contributed by atoms with Crippen molar-refractivity contribution in [3.8, 4) is 0 Å². The molecule has 0 fully saturated rings. The van der Waals surface area contributed by atoms with Gasteiger partial charge in [0.25, 0.3) is 5.56 Å². The van der Waals surface area contributed by atoms with Crippen molar-refractivity contribution in [2.24, 2.45) is 0 Å². The Balaban J connectivity index is 2.38. The number of anilines is 1. The number of benzene rings is 1. The zero-order valence-electron chi connectivity index (χ0n) is 8.73. The van der Waals surface area contributed by atoms with Crippen LogP contribution in [0, 0.1) is 3.57 Å². The summed E-state index contributed by atoms with van der Waals surface area (Å²) in [5, 5.41) is 0. The third kappa shape index (κ3) is 2.86. The maximum absolute atomic E-state index is 11.8. The van der Waals surface area contributed by atoms with Gasteiger partial charge in [0.1, 0.15) is 0 Å². The number of rotatable bonds is 2. The van der Waals surface area contributed by atoms with Gasteiger partial charge in [-0.1, -0.05) is 22.0 Å². The number of aromatic nitrogens is 2. The molecule has 0 aliphatic carbocycles. The van der Waals surface area contributed by atoms with Gasteiger partial charge in [-0.25, -0.2) is 4.98 Å². The molecule has 2 N–H and O–H groups in total. The van der Waals surface area contributed by atoms with Crippen molar-refractivity contribution >= 4 is 44.2 Å². The molecule has 1 heterocycles. The normalized spacial score (nSPS) is 10.5. The van der Waals surface area contributed by atoms with E-state index in [9.17, 15) is 4.79 Å². The van der Waals surface area contributed by atoms with Crippen LogP contribution in [0.5, 0.6) is 0 Å². The lowest BCUT2D eigenvalue weighted by Gasteiger charge is -2.08. The number of halogens is 2. The van der Waals surface area contributed by atoms with Crippen molar-refractivity contribution in [3.63, 3.8) is 0 Å². The average Bonchev–Trinajstić information content (AvgIpc) is 2.28. The van der Waals surface area contributed by atoms with Gasteiger partial charge in [0, 0.05) is 16.4 Å². The van der Waals surface area contributed by atoms with E-state index in [0.29, 0.717) is 15.8 Å². The van der Waals surface area contributed by atoms with Crippen molar-refractivity contribution < 1.29 is 0 Å². The van der Waals surface area contributed by atoms with Crippen molar-refractivity contribution in [1.29, 1.82) is 0 Å². The molecule has 1 aromatic heterocycles. The van der Waals surface area contributed by atoms with Crippen LogP contribution in [0.3, 0.4) is 0 Å². The third-order valence-corrected chi connectivity index (χ3v) is 3.76. The van der Waals surface area contributed by atoms with E-state index in [1.165, 1.54) is 6.33 Å². The van der Waals surface area contributed by atoms with Crippen LogP contribution in [0.2, 0.25) is 0 Å². The molecule has 0 unspecified atom stereocenters. The van der Waals surface area contributed by atoms with Crippen molar-refractivity contribution in [2.45, 2.75) is 6.54 Å². The first-order chi connectivity index (χ1) is 8.08. The largest absolute Gasteiger partial charge is 0.399 e. The molecule has 0 radical (unpaired) electrons. The smallest absolute Gasteiger partial charge is 0.267 e. The second kappa shape index (κ2) is 5.18. The zero-order chi connectivity index (χ0) is 12.4. The fraction of sp³-hybridized carbons (Fsp3) is 0.0909. The maximum Gasteiger partial charge on any atom is 0.267 e. The first-order valence-corrected chi connectivity index (χ1v) is 6.69. The van der Waals surface area contributed by atoms with Gasteiger partial charge in [-0.2, -0.15) is 0 Å². The van der Waals surface area contributed by atoms with E-state index in [4.69, 9.17) is 5.73 Å². The van der Waals surface area contributed by atoms with Crippen molar-refractivity contribution in [3.05, 3.63) is 54.7 Å². The molecule has 0 aliphatic heterocycles. The lowest BCUT2D eigenvalue weighted by atomic mass is 10.2. The SMILES string of the molecule is Nc1ccc(Cn2cncc(I)c2=O)c(Br)c1. The van der Waals surface area contributed by atoms with Gasteiger partial charge in [-0.15, -0.1) is 0 Å². The summed E-state index contributed by atoms with van der Waals surface area (Å²) in [6, 6.07) is 5.53. The number of nitrogens with two attached hydrogens (primary N) is 1. The van der Waals surface area contributed by atoms with Crippen molar-refractivity contribution in [1.82, 2.24) is 9.55 Å². The summed E-state index contributed by atoms with van der Waals surface area (Å²) < 4.78 is 3.07. The predicted molar refractivity (Wildman–Crippen MR) is 78.9 cm³/mol. The maximum atomic E-state index is 11.8. The number of nitrogens with zero attached hydrogens (tertiary/aromatic N) is 2. The van der Waals surface area contributed by atoms with E-state index >= 15 is 0 Å². The average molecular weight is 406 g/mol. The highest BCUT2D eigenvalue weighted by Crippen LogP contribution is 2.20. The summed E-state index contributed by atoms with van der Waals surface area (Å²) >= 11 is 5.41. The van der Waals surface area contributed by atoms with E-state index in [2.05, 4.69) is 20.9 Å². The Bertz CT molecular complexity index is 612. The molecule has 4 nitrogen and oxygen atoms in total. The molecule has 17 heavy (non-hydrogen) atoms. The van der Waals surface area contributed by atoms with Gasteiger partial charge in [0.05, 0.1) is 16.4 Å². The Kier molecular flexibility index (Phi) is 3.82. The Labute approximate surface area is 120 Å². The van der Waals surface area contributed by atoms with Crippen LogP contribution in [0.15, 0.2) is 40.0 Å². The van der Waals surface area contributed by atoms with E-state index in [1.54, 1.807) is 10.8 Å². The molecule has 0 aliphatic rings. The first kappa shape index (κ1) is 12.6. The molecule has 6 heteroatoms. The fourth-order valence-corrected chi connectivity index (χ4v) is 2.40. The molecule has 0 atom stereocenters. The predicted octanol–water partition coefficient (Wildman–Crippen LogP) is 2.24. The van der Waals surface area contributed by atoms with E-state index in [0.717, 1.165) is 10.0 Å². The van der Waals surface area contributed by atoms with Crippen LogP contribution in [0.4, 0.5) is 5.69 Å². The number of hydrogen-bond donors (Lipinski definition) is 1. The Morgan fingerprint density at radius 2 is 2.24 bits per heavy atom. The van der Waals surface area contributed by atoms with Gasteiger partial charge < -0.3 is 5.73 Å². The monoisotopic (exact) mass is 405 g/mol. The summed E-state index contributed by atoms with van der Waals surface area (Å²) in [7, 11) is 0. The molecule has 0 saturated carbocycles. The van der Waals surface area contributed by atoms with E-state index < -0.39 is 0 Å². The number of hydrogen-bond acceptors (Lipinski definition) is 3. The lowest BCUT2D eigenvalue weighted by molar-refractivity contribution is 0.728. The molecule has 88 valence electrons. The van der Waals surface area contributed by atoms with Gasteiger partial charge in [0.15, 0.2) is 0 Å². The van der Waals surface area contributed by atoms with Crippen LogP contribution in [-0.4, -0.2) is 9.55 Å². The Morgan fingerprint density at radius 1 is 1.47 bits per heavy atom. The lowest BCUT2D eigenvalue weighted by Crippen LogP contribution is -2.23. The minimum Gasteiger partial charge on any atom is -0.399 e. The minimum atomic E-state index is -0.0377. The summed E-state index contributed by atoms with van der Waals surface area (Å²) in [4.78, 5) is 15.8. The first-order valence-electron chi connectivity index (χ1n) is 4.82. The Morgan fingerprint density at radius 3 is 2.94 bits per heavy atom. The van der Waals surface area contributed by atoms with Crippen molar-refractivity contribution in [2.75, 3.05) is 5.73 Å². The Hall–Kier alpha value is -0.890. The standard InChI is InChI=1S/C11H9BrIN3O/c12-9-3-8(14)2-1-7(9)5-16-6-15-4-10(13)11(16)17/h1-4,6H,5,14H2. The van der Waals surface area contributed by atoms with E-state index in [1.807, 2.05) is 40.8 Å². The topological polar surface area (TPSA) is 60.9 Å². The van der Waals surface area contributed by atoms with Crippen LogP contribution >= 0.6 is 38.5 Å². The molecule has 2 aromatic rings. The van der Waals surface area contributed by atoms with Gasteiger partial charge in [0.2, 0.25) is 0 Å². The summed E-state index contributed by atoms with van der Waals surface area (Å²) in [6.07, 6.45) is 3.09. The summed E-state index contributed by atoms with van der Waals surface area (Å²) in [6.45, 7) is 0.476. The molecule has 0 amide bonds. The van der Waals surface area contributed by atoms with E-state index in [-0.39, 0.29) is 5.56 Å². The molecule has 1 aromatic carbocycles. The van der Waals surface area contributed by atoms with Gasteiger partial charge in [-0.3, -0.25) is 9.36 Å². The second-order valence-corrected chi connectivity index (χ2v) is 5.54. The molecule has 2 rings (SSSR count). The molecular weight excluding hydrogens is 397 g/mol. The van der Waals surface area contributed by atoms with Crippen LogP contribution in [0.25, 0.3) is 0 Å². The fourth-order valence-electron chi connectivity index (χ4n) is 1.41. The van der Waals surface area contributed by atoms with Gasteiger partial charge >= 0.3 is 0 Å². The van der Waals surface area contributed by atoms with Gasteiger partial charge in [-0.05, 0) is 40.3 Å². The second-order valence-electron chi connectivity index (χ2n) is 3.53. The molecule has 0 saturated heterocycles. The number of nitrogen functional groups attached to an aromatic ring is 1. The highest BCUT2D eigenvalue weighted by molar-refractivity contribution is 14.1. The summed E-state index contributed by atoms with van der Waals surface area (Å²) in [5.74, 6) is 0. The highest BCUT2D eigenvalue weighted by atomic mass is 127. The minimum absolute atomic E-state index is 0.0377. The molecule has 0 spiro atoms.